The molecule has 0 aliphatic carbocycles. The molecule has 3 rings (SSSR count). The van der Waals surface area contributed by atoms with Crippen LogP contribution in [-0.2, 0) is 4.79 Å². The van der Waals surface area contributed by atoms with Crippen molar-refractivity contribution in [2.75, 3.05) is 12.4 Å². The van der Waals surface area contributed by atoms with Crippen molar-refractivity contribution in [1.29, 1.82) is 0 Å². The first kappa shape index (κ1) is 17.4. The molecule has 0 bridgehead atoms. The number of amides is 1. The van der Waals surface area contributed by atoms with Crippen LogP contribution in [0.4, 0.5) is 5.69 Å². The van der Waals surface area contributed by atoms with E-state index in [9.17, 15) is 4.79 Å². The van der Waals surface area contributed by atoms with Gasteiger partial charge in [-0.05, 0) is 30.5 Å². The maximum atomic E-state index is 12.4. The van der Waals surface area contributed by atoms with E-state index < -0.39 is 0 Å². The maximum Gasteiger partial charge on any atom is 0.237 e. The minimum Gasteiger partial charge on any atom is -0.495 e. The first-order chi connectivity index (χ1) is 12.2. The number of rotatable bonds is 6. The summed E-state index contributed by atoms with van der Waals surface area (Å²) in [5.41, 5.74) is 1.39. The number of anilines is 1. The third-order valence-electron chi connectivity index (χ3n) is 3.33. The summed E-state index contributed by atoms with van der Waals surface area (Å²) >= 11 is 2.85. The Morgan fingerprint density at radius 3 is 2.88 bits per heavy atom. The molecule has 6 nitrogen and oxygen atoms in total. The molecular formula is C17H16N4O2S2. The second-order valence-electron chi connectivity index (χ2n) is 5.05. The maximum absolute atomic E-state index is 12.4. The molecule has 1 unspecified atom stereocenters. The number of carbonyl (C=O) groups is 1. The van der Waals surface area contributed by atoms with Crippen LogP contribution in [0.15, 0.2) is 53.1 Å². The average Bonchev–Trinajstić information content (AvgIpc) is 3.17. The number of ether oxygens (including phenoxy) is 1. The van der Waals surface area contributed by atoms with Crippen molar-refractivity contribution in [1.82, 2.24) is 15.2 Å². The Bertz CT molecular complexity index is 855. The predicted molar refractivity (Wildman–Crippen MR) is 100 cm³/mol. The highest BCUT2D eigenvalue weighted by atomic mass is 32.2. The molecule has 0 aliphatic rings. The van der Waals surface area contributed by atoms with E-state index in [-0.39, 0.29) is 11.2 Å². The van der Waals surface area contributed by atoms with E-state index in [0.717, 1.165) is 10.6 Å². The van der Waals surface area contributed by atoms with Gasteiger partial charge in [-0.2, -0.15) is 5.10 Å². The predicted octanol–water partition coefficient (Wildman–Crippen LogP) is 3.73. The van der Waals surface area contributed by atoms with Crippen LogP contribution in [0, 0.1) is 0 Å². The number of methoxy groups -OCH3 is 1. The summed E-state index contributed by atoms with van der Waals surface area (Å²) in [5, 5.41) is 12.9. The lowest BCUT2D eigenvalue weighted by Gasteiger charge is -2.13. The molecule has 0 spiro atoms. The van der Waals surface area contributed by atoms with Crippen molar-refractivity contribution in [2.45, 2.75) is 17.3 Å². The Labute approximate surface area is 153 Å². The van der Waals surface area contributed by atoms with E-state index in [1.807, 2.05) is 29.6 Å². The fourth-order valence-electron chi connectivity index (χ4n) is 2.07. The normalized spacial score (nSPS) is 11.8. The van der Waals surface area contributed by atoms with Gasteiger partial charge in [-0.15, -0.1) is 16.4 Å². The molecule has 0 saturated carbocycles. The van der Waals surface area contributed by atoms with Crippen molar-refractivity contribution in [2.24, 2.45) is 0 Å². The molecular weight excluding hydrogens is 356 g/mol. The Balaban J connectivity index is 1.68. The van der Waals surface area contributed by atoms with Crippen LogP contribution in [0.3, 0.4) is 0 Å². The van der Waals surface area contributed by atoms with Gasteiger partial charge in [0.05, 0.1) is 29.1 Å². The monoisotopic (exact) mass is 372 g/mol. The van der Waals surface area contributed by atoms with Gasteiger partial charge in [0.2, 0.25) is 11.1 Å². The summed E-state index contributed by atoms with van der Waals surface area (Å²) in [5.74, 6) is 0.463. The van der Waals surface area contributed by atoms with Gasteiger partial charge in [-0.25, -0.2) is 4.98 Å². The first-order valence-electron chi connectivity index (χ1n) is 7.51. The van der Waals surface area contributed by atoms with Crippen LogP contribution in [0.1, 0.15) is 6.92 Å². The molecule has 1 amide bonds. The summed E-state index contributed by atoms with van der Waals surface area (Å²) in [6.07, 6.45) is 1.62. The van der Waals surface area contributed by atoms with E-state index in [0.29, 0.717) is 16.6 Å². The van der Waals surface area contributed by atoms with Crippen molar-refractivity contribution >= 4 is 34.7 Å². The molecule has 2 aromatic heterocycles. The molecule has 0 aliphatic heterocycles. The smallest absolute Gasteiger partial charge is 0.237 e. The number of thioether (sulfide) groups is 1. The van der Waals surface area contributed by atoms with Crippen LogP contribution in [0.2, 0.25) is 0 Å². The fraction of sp³-hybridized carbons (Fsp3) is 0.176. The largest absolute Gasteiger partial charge is 0.495 e. The number of nitrogens with one attached hydrogen (secondary N) is 1. The van der Waals surface area contributed by atoms with Crippen molar-refractivity contribution in [3.8, 4) is 16.3 Å². The molecule has 1 aromatic carbocycles. The van der Waals surface area contributed by atoms with Gasteiger partial charge < -0.3 is 10.1 Å². The highest BCUT2D eigenvalue weighted by Gasteiger charge is 2.18. The van der Waals surface area contributed by atoms with Crippen molar-refractivity contribution in [3.05, 3.63) is 48.0 Å². The highest BCUT2D eigenvalue weighted by molar-refractivity contribution is 8.00. The number of hydrogen-bond donors (Lipinski definition) is 1. The summed E-state index contributed by atoms with van der Waals surface area (Å²) in [4.78, 5) is 17.9. The van der Waals surface area contributed by atoms with Gasteiger partial charge in [0, 0.05) is 0 Å². The Hall–Kier alpha value is -2.45. The molecule has 0 saturated heterocycles. The minimum absolute atomic E-state index is 0.153. The van der Waals surface area contributed by atoms with Crippen LogP contribution in [-0.4, -0.2) is 33.4 Å². The topological polar surface area (TPSA) is 77.0 Å². The molecule has 128 valence electrons. The molecule has 0 fully saturated rings. The lowest BCUT2D eigenvalue weighted by Crippen LogP contribution is -2.23. The Kier molecular flexibility index (Phi) is 5.62. The molecule has 0 radical (unpaired) electrons. The number of para-hydroxylation sites is 2. The Morgan fingerprint density at radius 2 is 2.12 bits per heavy atom. The van der Waals surface area contributed by atoms with Crippen LogP contribution >= 0.6 is 23.1 Å². The van der Waals surface area contributed by atoms with E-state index in [1.165, 1.54) is 11.8 Å². The third kappa shape index (κ3) is 4.34. The number of aromatic nitrogens is 3. The SMILES string of the molecule is COc1ccccc1NC(=O)C(C)Sc1nncc(-c2cccs2)n1. The molecule has 1 atom stereocenters. The van der Waals surface area contributed by atoms with Gasteiger partial charge in [0.1, 0.15) is 11.4 Å². The summed E-state index contributed by atoms with van der Waals surface area (Å²) in [6, 6.07) is 11.2. The number of hydrogen-bond acceptors (Lipinski definition) is 7. The molecule has 8 heteroatoms. The van der Waals surface area contributed by atoms with Crippen LogP contribution < -0.4 is 10.1 Å². The quantitative estimate of drug-likeness (QED) is 0.665. The van der Waals surface area contributed by atoms with Gasteiger partial charge in [0.25, 0.3) is 0 Å². The summed E-state index contributed by atoms with van der Waals surface area (Å²) in [7, 11) is 1.57. The molecule has 1 N–H and O–H groups in total. The van der Waals surface area contributed by atoms with E-state index >= 15 is 0 Å². The van der Waals surface area contributed by atoms with Gasteiger partial charge >= 0.3 is 0 Å². The fourth-order valence-corrected chi connectivity index (χ4v) is 3.48. The lowest BCUT2D eigenvalue weighted by molar-refractivity contribution is -0.115. The zero-order valence-electron chi connectivity index (χ0n) is 13.7. The molecule has 3 aromatic rings. The number of benzene rings is 1. The second kappa shape index (κ2) is 8.09. The first-order valence-corrected chi connectivity index (χ1v) is 9.27. The van der Waals surface area contributed by atoms with E-state index in [1.54, 1.807) is 43.7 Å². The number of carbonyl (C=O) groups excluding carboxylic acids is 1. The number of thiophene rings is 1. The lowest BCUT2D eigenvalue weighted by atomic mass is 10.3. The van der Waals surface area contributed by atoms with Gasteiger partial charge in [0.15, 0.2) is 0 Å². The Morgan fingerprint density at radius 1 is 1.28 bits per heavy atom. The minimum atomic E-state index is -0.384. The van der Waals surface area contributed by atoms with Crippen molar-refractivity contribution in [3.63, 3.8) is 0 Å². The molecule has 2 heterocycles. The van der Waals surface area contributed by atoms with E-state index in [4.69, 9.17) is 4.74 Å². The van der Waals surface area contributed by atoms with E-state index in [2.05, 4.69) is 20.5 Å². The zero-order chi connectivity index (χ0) is 17.6. The molecule has 25 heavy (non-hydrogen) atoms. The highest BCUT2D eigenvalue weighted by Crippen LogP contribution is 2.27. The average molecular weight is 372 g/mol. The standard InChI is InChI=1S/C17H16N4O2S2/c1-11(16(22)19-12-6-3-4-7-14(12)23-2)25-17-20-13(10-18-21-17)15-8-5-9-24-15/h3-11H,1-2H3,(H,19,22). The van der Waals surface area contributed by atoms with Crippen LogP contribution in [0.5, 0.6) is 5.75 Å². The van der Waals surface area contributed by atoms with Gasteiger partial charge in [-0.3, -0.25) is 4.79 Å². The second-order valence-corrected chi connectivity index (χ2v) is 7.31. The summed E-state index contributed by atoms with van der Waals surface area (Å²) in [6.45, 7) is 1.80. The van der Waals surface area contributed by atoms with Crippen molar-refractivity contribution < 1.29 is 9.53 Å². The van der Waals surface area contributed by atoms with Crippen LogP contribution in [0.25, 0.3) is 10.6 Å². The number of nitrogens with zero attached hydrogens (tertiary/aromatic N) is 3. The third-order valence-corrected chi connectivity index (χ3v) is 5.17. The summed E-state index contributed by atoms with van der Waals surface area (Å²) < 4.78 is 5.25. The zero-order valence-corrected chi connectivity index (χ0v) is 15.3. The van der Waals surface area contributed by atoms with Gasteiger partial charge in [-0.1, -0.05) is 30.0 Å².